The van der Waals surface area contributed by atoms with Crippen LogP contribution in [-0.4, -0.2) is 23.8 Å². The van der Waals surface area contributed by atoms with Crippen LogP contribution >= 0.6 is 0 Å². The zero-order valence-corrected chi connectivity index (χ0v) is 11.1. The molecule has 17 heavy (non-hydrogen) atoms. The highest BCUT2D eigenvalue weighted by molar-refractivity contribution is 5.68. The van der Waals surface area contributed by atoms with Gasteiger partial charge in [0.05, 0.1) is 0 Å². The summed E-state index contributed by atoms with van der Waals surface area (Å²) in [5.74, 6) is 0. The zero-order chi connectivity index (χ0) is 12.7. The first-order chi connectivity index (χ1) is 7.80. The van der Waals surface area contributed by atoms with Crippen LogP contribution in [-0.2, 0) is 4.74 Å². The van der Waals surface area contributed by atoms with Gasteiger partial charge in [-0.2, -0.15) is 0 Å². The molecule has 0 aliphatic heterocycles. The molecule has 2 saturated carbocycles. The van der Waals surface area contributed by atoms with Crippen LogP contribution < -0.4 is 11.1 Å². The molecule has 0 aromatic carbocycles. The molecule has 2 fully saturated rings. The van der Waals surface area contributed by atoms with Crippen molar-refractivity contribution < 1.29 is 9.53 Å². The summed E-state index contributed by atoms with van der Waals surface area (Å²) in [5, 5.41) is 2.90. The number of alkyl carbamates (subject to hydrolysis) is 1. The van der Waals surface area contributed by atoms with Gasteiger partial charge in [0, 0.05) is 12.1 Å². The minimum atomic E-state index is -0.444. The van der Waals surface area contributed by atoms with Crippen LogP contribution in [0.3, 0.4) is 0 Å². The van der Waals surface area contributed by atoms with Gasteiger partial charge < -0.3 is 15.8 Å². The maximum Gasteiger partial charge on any atom is 0.407 e. The van der Waals surface area contributed by atoms with Crippen LogP contribution in [0.4, 0.5) is 4.79 Å². The summed E-state index contributed by atoms with van der Waals surface area (Å²) in [6.07, 6.45) is 5.53. The molecule has 2 aliphatic rings. The Bertz CT molecular complexity index is 305. The van der Waals surface area contributed by atoms with Gasteiger partial charge in [-0.1, -0.05) is 0 Å². The Balaban J connectivity index is 1.81. The lowest BCUT2D eigenvalue weighted by molar-refractivity contribution is 0.0475. The van der Waals surface area contributed by atoms with Crippen molar-refractivity contribution in [2.24, 2.45) is 11.1 Å². The van der Waals surface area contributed by atoms with Crippen molar-refractivity contribution >= 4 is 6.09 Å². The van der Waals surface area contributed by atoms with Gasteiger partial charge in [0.15, 0.2) is 0 Å². The summed E-state index contributed by atoms with van der Waals surface area (Å²) >= 11 is 0. The molecule has 0 saturated heterocycles. The monoisotopic (exact) mass is 240 g/mol. The van der Waals surface area contributed by atoms with E-state index in [0.29, 0.717) is 5.41 Å². The third-order valence-corrected chi connectivity index (χ3v) is 3.83. The molecule has 0 aromatic rings. The standard InChI is InChI=1S/C13H24N2O2/c1-12(2,3)17-11(16)15-10-4-5-13(6-7-13)8-9(10)14/h9-10H,4-8,14H2,1-3H3,(H,15,16). The molecule has 2 unspecified atom stereocenters. The van der Waals surface area contributed by atoms with Gasteiger partial charge in [0.2, 0.25) is 0 Å². The largest absolute Gasteiger partial charge is 0.444 e. The first kappa shape index (κ1) is 12.7. The molecule has 0 heterocycles. The van der Waals surface area contributed by atoms with E-state index in [-0.39, 0.29) is 18.2 Å². The van der Waals surface area contributed by atoms with E-state index in [0.717, 1.165) is 12.8 Å². The Morgan fingerprint density at radius 2 is 2.00 bits per heavy atom. The third kappa shape index (κ3) is 3.35. The number of hydrogen-bond donors (Lipinski definition) is 2. The molecule has 0 radical (unpaired) electrons. The molecule has 1 amide bonds. The van der Waals surface area contributed by atoms with E-state index in [1.807, 2.05) is 20.8 Å². The lowest BCUT2D eigenvalue weighted by atomic mass is 9.80. The van der Waals surface area contributed by atoms with Crippen molar-refractivity contribution in [3.8, 4) is 0 Å². The van der Waals surface area contributed by atoms with Gasteiger partial charge in [-0.3, -0.25) is 0 Å². The Hall–Kier alpha value is -0.770. The van der Waals surface area contributed by atoms with Crippen LogP contribution in [0.5, 0.6) is 0 Å². The molecule has 0 aromatic heterocycles. The Kier molecular flexibility index (Phi) is 3.10. The van der Waals surface area contributed by atoms with Crippen LogP contribution in [0.1, 0.15) is 52.9 Å². The molecular weight excluding hydrogens is 216 g/mol. The summed E-state index contributed by atoms with van der Waals surface area (Å²) in [5.41, 5.74) is 6.23. The van der Waals surface area contributed by atoms with Gasteiger partial charge in [-0.25, -0.2) is 4.79 Å². The SMILES string of the molecule is CC(C)(C)OC(=O)NC1CCC2(CC2)CC1N. The second-order valence-electron chi connectivity index (χ2n) is 6.66. The molecule has 4 heteroatoms. The lowest BCUT2D eigenvalue weighted by Gasteiger charge is -2.35. The topological polar surface area (TPSA) is 64.3 Å². The quantitative estimate of drug-likeness (QED) is 0.738. The van der Waals surface area contributed by atoms with Crippen molar-refractivity contribution in [2.45, 2.75) is 70.6 Å². The summed E-state index contributed by atoms with van der Waals surface area (Å²) in [7, 11) is 0. The highest BCUT2D eigenvalue weighted by Crippen LogP contribution is 2.55. The second-order valence-corrected chi connectivity index (χ2v) is 6.66. The average Bonchev–Trinajstić information content (AvgIpc) is 2.88. The smallest absolute Gasteiger partial charge is 0.407 e. The molecule has 1 spiro atoms. The van der Waals surface area contributed by atoms with Crippen LogP contribution in [0, 0.1) is 5.41 Å². The number of hydrogen-bond acceptors (Lipinski definition) is 3. The van der Waals surface area contributed by atoms with Crippen molar-refractivity contribution in [1.29, 1.82) is 0 Å². The molecule has 98 valence electrons. The van der Waals surface area contributed by atoms with Crippen molar-refractivity contribution in [3.05, 3.63) is 0 Å². The number of carbonyl (C=O) groups excluding carboxylic acids is 1. The number of amides is 1. The fourth-order valence-corrected chi connectivity index (χ4v) is 2.69. The summed E-state index contributed by atoms with van der Waals surface area (Å²) in [6, 6.07) is 0.162. The van der Waals surface area contributed by atoms with Crippen LogP contribution in [0.15, 0.2) is 0 Å². The number of nitrogens with one attached hydrogen (secondary N) is 1. The molecular formula is C13H24N2O2. The first-order valence-corrected chi connectivity index (χ1v) is 6.55. The van der Waals surface area contributed by atoms with E-state index >= 15 is 0 Å². The van der Waals surface area contributed by atoms with E-state index in [1.165, 1.54) is 19.3 Å². The van der Waals surface area contributed by atoms with E-state index in [4.69, 9.17) is 10.5 Å². The fourth-order valence-electron chi connectivity index (χ4n) is 2.69. The van der Waals surface area contributed by atoms with Gasteiger partial charge >= 0.3 is 6.09 Å². The van der Waals surface area contributed by atoms with Gasteiger partial charge in [-0.15, -0.1) is 0 Å². The van der Waals surface area contributed by atoms with E-state index in [1.54, 1.807) is 0 Å². The Labute approximate surface area is 103 Å². The summed E-state index contributed by atoms with van der Waals surface area (Å²) in [6.45, 7) is 5.60. The molecule has 2 aliphatic carbocycles. The number of nitrogens with two attached hydrogens (primary N) is 1. The van der Waals surface area contributed by atoms with Crippen molar-refractivity contribution in [3.63, 3.8) is 0 Å². The van der Waals surface area contributed by atoms with E-state index < -0.39 is 5.60 Å². The highest BCUT2D eigenvalue weighted by atomic mass is 16.6. The molecule has 2 atom stereocenters. The first-order valence-electron chi connectivity index (χ1n) is 6.55. The summed E-state index contributed by atoms with van der Waals surface area (Å²) in [4.78, 5) is 11.7. The van der Waals surface area contributed by atoms with Gasteiger partial charge in [0.25, 0.3) is 0 Å². The van der Waals surface area contributed by atoms with E-state index in [9.17, 15) is 4.79 Å². The average molecular weight is 240 g/mol. The van der Waals surface area contributed by atoms with Crippen molar-refractivity contribution in [2.75, 3.05) is 0 Å². The predicted octanol–water partition coefficient (Wildman–Crippen LogP) is 2.17. The van der Waals surface area contributed by atoms with E-state index in [2.05, 4.69) is 5.32 Å². The number of rotatable bonds is 1. The fraction of sp³-hybridized carbons (Fsp3) is 0.923. The Morgan fingerprint density at radius 3 is 2.47 bits per heavy atom. The van der Waals surface area contributed by atoms with Gasteiger partial charge in [0.1, 0.15) is 5.60 Å². The zero-order valence-electron chi connectivity index (χ0n) is 11.1. The second kappa shape index (κ2) is 4.16. The normalized spacial score (nSPS) is 31.1. The predicted molar refractivity (Wildman–Crippen MR) is 66.7 cm³/mol. The minimum Gasteiger partial charge on any atom is -0.444 e. The lowest BCUT2D eigenvalue weighted by Crippen LogP contribution is -2.52. The molecule has 4 nitrogen and oxygen atoms in total. The molecule has 0 bridgehead atoms. The third-order valence-electron chi connectivity index (χ3n) is 3.83. The highest BCUT2D eigenvalue weighted by Gasteiger charge is 2.48. The van der Waals surface area contributed by atoms with Crippen LogP contribution in [0.25, 0.3) is 0 Å². The van der Waals surface area contributed by atoms with Crippen LogP contribution in [0.2, 0.25) is 0 Å². The maximum atomic E-state index is 11.7. The van der Waals surface area contributed by atoms with Crippen molar-refractivity contribution in [1.82, 2.24) is 5.32 Å². The summed E-state index contributed by atoms with van der Waals surface area (Å²) < 4.78 is 5.25. The molecule has 2 rings (SSSR count). The maximum absolute atomic E-state index is 11.7. The molecule has 3 N–H and O–H groups in total. The number of ether oxygens (including phenoxy) is 1. The number of carbonyl (C=O) groups is 1. The minimum absolute atomic E-state index is 0.0797. The van der Waals surface area contributed by atoms with Gasteiger partial charge in [-0.05, 0) is 58.3 Å². The Morgan fingerprint density at radius 1 is 1.35 bits per heavy atom.